The van der Waals surface area contributed by atoms with Crippen molar-refractivity contribution in [3.63, 3.8) is 0 Å². The van der Waals surface area contributed by atoms with E-state index in [1.54, 1.807) is 0 Å². The first-order valence-corrected chi connectivity index (χ1v) is 3.83. The third kappa shape index (κ3) is 2.08. The van der Waals surface area contributed by atoms with Crippen molar-refractivity contribution in [1.29, 1.82) is 0 Å². The van der Waals surface area contributed by atoms with Gasteiger partial charge in [0.25, 0.3) is 0 Å². The summed E-state index contributed by atoms with van der Waals surface area (Å²) < 4.78 is 0. The van der Waals surface area contributed by atoms with Crippen molar-refractivity contribution in [2.45, 2.75) is 25.9 Å². The minimum Gasteiger partial charge on any atom is -0.465 e. The van der Waals surface area contributed by atoms with Crippen LogP contribution < -0.4 is 5.32 Å². The van der Waals surface area contributed by atoms with Crippen molar-refractivity contribution in [3.05, 3.63) is 0 Å². The number of nitrogens with zero attached hydrogens (tertiary/aromatic N) is 1. The van der Waals surface area contributed by atoms with Crippen LogP contribution in [0.4, 0.5) is 4.79 Å². The number of hydrogen-bond donors (Lipinski definition) is 2. The SMILES string of the molecule is CC1CN(C(=O)O)C[C@H](C)N1. The molecule has 0 aromatic heterocycles. The van der Waals surface area contributed by atoms with E-state index in [9.17, 15) is 4.79 Å². The van der Waals surface area contributed by atoms with Crippen molar-refractivity contribution in [1.82, 2.24) is 10.2 Å². The van der Waals surface area contributed by atoms with Gasteiger partial charge in [0.15, 0.2) is 0 Å². The number of amides is 1. The van der Waals surface area contributed by atoms with E-state index in [-0.39, 0.29) is 12.1 Å². The van der Waals surface area contributed by atoms with Crippen LogP contribution >= 0.6 is 0 Å². The maximum absolute atomic E-state index is 10.5. The minimum atomic E-state index is -0.815. The number of piperazine rings is 1. The highest BCUT2D eigenvalue weighted by molar-refractivity contribution is 5.65. The van der Waals surface area contributed by atoms with Crippen LogP contribution in [0.1, 0.15) is 13.8 Å². The number of nitrogens with one attached hydrogen (secondary N) is 1. The standard InChI is InChI=1S/C7H14N2O2/c1-5-3-9(7(10)11)4-6(2)8-5/h5-6,8H,3-4H2,1-2H3,(H,10,11)/t5-,6?/m0/s1. The summed E-state index contributed by atoms with van der Waals surface area (Å²) in [6.45, 7) is 5.18. The molecule has 1 unspecified atom stereocenters. The molecule has 1 fully saturated rings. The number of carboxylic acid groups (broad SMARTS) is 1. The molecule has 4 heteroatoms. The van der Waals surface area contributed by atoms with Crippen LogP contribution in [-0.4, -0.2) is 41.3 Å². The highest BCUT2D eigenvalue weighted by atomic mass is 16.4. The summed E-state index contributed by atoms with van der Waals surface area (Å²) in [5, 5.41) is 11.9. The molecule has 2 atom stereocenters. The van der Waals surface area contributed by atoms with E-state index in [1.807, 2.05) is 13.8 Å². The van der Waals surface area contributed by atoms with E-state index in [2.05, 4.69) is 5.32 Å². The molecular formula is C7H14N2O2. The Labute approximate surface area is 66.2 Å². The second-order valence-electron chi connectivity index (χ2n) is 3.16. The van der Waals surface area contributed by atoms with Gasteiger partial charge in [0.2, 0.25) is 0 Å². The average Bonchev–Trinajstić information content (AvgIpc) is 1.85. The summed E-state index contributed by atoms with van der Waals surface area (Å²) in [6.07, 6.45) is -0.815. The second kappa shape index (κ2) is 3.09. The van der Waals surface area contributed by atoms with Gasteiger partial charge in [-0.15, -0.1) is 0 Å². The van der Waals surface area contributed by atoms with E-state index in [4.69, 9.17) is 5.11 Å². The molecule has 11 heavy (non-hydrogen) atoms. The predicted molar refractivity (Wildman–Crippen MR) is 41.7 cm³/mol. The zero-order chi connectivity index (χ0) is 8.43. The van der Waals surface area contributed by atoms with E-state index >= 15 is 0 Å². The fraction of sp³-hybridized carbons (Fsp3) is 0.857. The largest absolute Gasteiger partial charge is 0.465 e. The maximum Gasteiger partial charge on any atom is 0.407 e. The van der Waals surface area contributed by atoms with Crippen molar-refractivity contribution in [3.8, 4) is 0 Å². The summed E-state index contributed by atoms with van der Waals surface area (Å²) in [7, 11) is 0. The topological polar surface area (TPSA) is 52.6 Å². The molecule has 0 aromatic carbocycles. The summed E-state index contributed by atoms with van der Waals surface area (Å²) in [6, 6.07) is 0.546. The molecule has 0 spiro atoms. The van der Waals surface area contributed by atoms with Crippen molar-refractivity contribution >= 4 is 6.09 Å². The summed E-state index contributed by atoms with van der Waals surface area (Å²) in [5.74, 6) is 0. The fourth-order valence-electron chi connectivity index (χ4n) is 1.48. The maximum atomic E-state index is 10.5. The van der Waals surface area contributed by atoms with Gasteiger partial charge in [-0.3, -0.25) is 0 Å². The molecule has 0 radical (unpaired) electrons. The van der Waals surface area contributed by atoms with E-state index in [0.717, 1.165) is 0 Å². The van der Waals surface area contributed by atoms with Gasteiger partial charge >= 0.3 is 6.09 Å². The smallest absolute Gasteiger partial charge is 0.407 e. The molecule has 0 aromatic rings. The molecule has 1 aliphatic rings. The van der Waals surface area contributed by atoms with Crippen LogP contribution in [0.15, 0.2) is 0 Å². The summed E-state index contributed by atoms with van der Waals surface area (Å²) in [4.78, 5) is 12.0. The first kappa shape index (κ1) is 8.33. The molecule has 1 aliphatic heterocycles. The molecular weight excluding hydrogens is 144 g/mol. The van der Waals surface area contributed by atoms with Gasteiger partial charge in [0.1, 0.15) is 0 Å². The number of rotatable bonds is 0. The first-order chi connectivity index (χ1) is 5.09. The lowest BCUT2D eigenvalue weighted by Gasteiger charge is -2.34. The molecule has 64 valence electrons. The lowest BCUT2D eigenvalue weighted by atomic mass is 10.2. The van der Waals surface area contributed by atoms with Crippen LogP contribution in [0, 0.1) is 0 Å². The Balaban J connectivity index is 2.49. The fourth-order valence-corrected chi connectivity index (χ4v) is 1.48. The minimum absolute atomic E-state index is 0.273. The van der Waals surface area contributed by atoms with Crippen LogP contribution in [0.25, 0.3) is 0 Å². The van der Waals surface area contributed by atoms with Gasteiger partial charge in [-0.2, -0.15) is 0 Å². The van der Waals surface area contributed by atoms with E-state index < -0.39 is 6.09 Å². The molecule has 4 nitrogen and oxygen atoms in total. The molecule has 0 saturated carbocycles. The van der Waals surface area contributed by atoms with Gasteiger partial charge in [-0.25, -0.2) is 4.79 Å². The molecule has 2 N–H and O–H groups in total. The van der Waals surface area contributed by atoms with Crippen molar-refractivity contribution in [2.24, 2.45) is 0 Å². The molecule has 1 rings (SSSR count). The third-order valence-corrected chi connectivity index (χ3v) is 1.83. The monoisotopic (exact) mass is 158 g/mol. The lowest BCUT2D eigenvalue weighted by molar-refractivity contribution is 0.120. The van der Waals surface area contributed by atoms with Crippen molar-refractivity contribution < 1.29 is 9.90 Å². The Morgan fingerprint density at radius 1 is 1.45 bits per heavy atom. The number of hydrogen-bond acceptors (Lipinski definition) is 2. The average molecular weight is 158 g/mol. The Morgan fingerprint density at radius 2 is 1.91 bits per heavy atom. The van der Waals surface area contributed by atoms with Gasteiger partial charge in [0.05, 0.1) is 0 Å². The zero-order valence-electron chi connectivity index (χ0n) is 6.87. The van der Waals surface area contributed by atoms with Gasteiger partial charge in [-0.05, 0) is 13.8 Å². The molecule has 1 saturated heterocycles. The van der Waals surface area contributed by atoms with Crippen LogP contribution in [-0.2, 0) is 0 Å². The number of carbonyl (C=O) groups is 1. The predicted octanol–water partition coefficient (Wildman–Crippen LogP) is 0.347. The van der Waals surface area contributed by atoms with Crippen LogP contribution in [0.2, 0.25) is 0 Å². The van der Waals surface area contributed by atoms with Gasteiger partial charge in [0, 0.05) is 25.2 Å². The summed E-state index contributed by atoms with van der Waals surface area (Å²) in [5.41, 5.74) is 0. The highest BCUT2D eigenvalue weighted by Gasteiger charge is 2.23. The first-order valence-electron chi connectivity index (χ1n) is 3.83. The molecule has 0 aliphatic carbocycles. The van der Waals surface area contributed by atoms with Crippen LogP contribution in [0.3, 0.4) is 0 Å². The molecule has 1 heterocycles. The normalized spacial score (nSPS) is 32.0. The quantitative estimate of drug-likeness (QED) is 0.534. The van der Waals surface area contributed by atoms with Crippen LogP contribution in [0.5, 0.6) is 0 Å². The Bertz CT molecular complexity index is 151. The van der Waals surface area contributed by atoms with Gasteiger partial charge in [-0.1, -0.05) is 0 Å². The van der Waals surface area contributed by atoms with E-state index in [1.165, 1.54) is 4.90 Å². The zero-order valence-corrected chi connectivity index (χ0v) is 6.87. The molecule has 1 amide bonds. The Morgan fingerprint density at radius 3 is 2.27 bits per heavy atom. The van der Waals surface area contributed by atoms with Crippen molar-refractivity contribution in [2.75, 3.05) is 13.1 Å². The second-order valence-corrected chi connectivity index (χ2v) is 3.16. The third-order valence-electron chi connectivity index (χ3n) is 1.83. The van der Waals surface area contributed by atoms with Gasteiger partial charge < -0.3 is 15.3 Å². The summed E-state index contributed by atoms with van der Waals surface area (Å²) >= 11 is 0. The Kier molecular flexibility index (Phi) is 2.34. The van der Waals surface area contributed by atoms with E-state index in [0.29, 0.717) is 13.1 Å². The Hall–Kier alpha value is -0.770. The highest BCUT2D eigenvalue weighted by Crippen LogP contribution is 2.03. The molecule has 0 bridgehead atoms. The lowest BCUT2D eigenvalue weighted by Crippen LogP contribution is -2.55.